The summed E-state index contributed by atoms with van der Waals surface area (Å²) < 4.78 is 7.04. The first-order valence-corrected chi connectivity index (χ1v) is 6.50. The molecule has 6 nitrogen and oxygen atoms in total. The van der Waals surface area contributed by atoms with Gasteiger partial charge in [0, 0.05) is 11.8 Å². The first-order valence-electron chi connectivity index (χ1n) is 6.50. The summed E-state index contributed by atoms with van der Waals surface area (Å²) >= 11 is 0. The van der Waals surface area contributed by atoms with E-state index in [1.165, 1.54) is 0 Å². The van der Waals surface area contributed by atoms with Crippen LogP contribution in [0.1, 0.15) is 17.3 Å². The second kappa shape index (κ2) is 5.72. The predicted molar refractivity (Wildman–Crippen MR) is 78.2 cm³/mol. The lowest BCUT2D eigenvalue weighted by atomic mass is 10.1. The van der Waals surface area contributed by atoms with Crippen molar-refractivity contribution in [3.8, 4) is 11.4 Å². The normalized spacial score (nSPS) is 12.1. The van der Waals surface area contributed by atoms with E-state index >= 15 is 0 Å². The van der Waals surface area contributed by atoms with E-state index in [2.05, 4.69) is 15.3 Å². The summed E-state index contributed by atoms with van der Waals surface area (Å²) in [5.41, 5.74) is 8.90. The average molecular weight is 281 g/mol. The monoisotopic (exact) mass is 281 g/mol. The van der Waals surface area contributed by atoms with Crippen LogP contribution in [0.15, 0.2) is 55.0 Å². The summed E-state index contributed by atoms with van der Waals surface area (Å²) in [6, 6.07) is 11.2. The van der Waals surface area contributed by atoms with Gasteiger partial charge in [-0.25, -0.2) is 4.68 Å². The third-order valence-corrected chi connectivity index (χ3v) is 3.27. The van der Waals surface area contributed by atoms with Crippen LogP contribution in [0, 0.1) is 0 Å². The highest BCUT2D eigenvalue weighted by atomic mass is 16.5. The molecule has 2 aromatic heterocycles. The van der Waals surface area contributed by atoms with Crippen LogP contribution >= 0.6 is 0 Å². The highest BCUT2D eigenvalue weighted by Crippen LogP contribution is 2.27. The minimum absolute atomic E-state index is 0.404. The number of hydrogen-bond acceptors (Lipinski definition) is 5. The van der Waals surface area contributed by atoms with E-state index in [9.17, 15) is 0 Å². The fourth-order valence-electron chi connectivity index (χ4n) is 2.20. The van der Waals surface area contributed by atoms with Gasteiger partial charge in [0.25, 0.3) is 0 Å². The van der Waals surface area contributed by atoms with Crippen molar-refractivity contribution in [2.24, 2.45) is 5.73 Å². The first kappa shape index (κ1) is 13.3. The van der Waals surface area contributed by atoms with E-state index in [-0.39, 0.29) is 0 Å². The van der Waals surface area contributed by atoms with Gasteiger partial charge in [-0.15, -0.1) is 5.10 Å². The van der Waals surface area contributed by atoms with Gasteiger partial charge in [-0.1, -0.05) is 23.4 Å². The Morgan fingerprint density at radius 1 is 1.14 bits per heavy atom. The Morgan fingerprint density at radius 2 is 1.95 bits per heavy atom. The Hall–Kier alpha value is -2.73. The maximum Gasteiger partial charge on any atom is 0.142 e. The van der Waals surface area contributed by atoms with Gasteiger partial charge in [-0.05, 0) is 18.2 Å². The Kier molecular flexibility index (Phi) is 3.61. The number of pyridine rings is 1. The molecular formula is C15H15N5O. The molecule has 0 bridgehead atoms. The van der Waals surface area contributed by atoms with Crippen molar-refractivity contribution in [3.05, 3.63) is 66.2 Å². The molecule has 2 N–H and O–H groups in total. The van der Waals surface area contributed by atoms with Crippen molar-refractivity contribution in [3.63, 3.8) is 0 Å². The summed E-state index contributed by atoms with van der Waals surface area (Å²) in [6.07, 6.45) is 5.00. The van der Waals surface area contributed by atoms with Crippen LogP contribution in [0.4, 0.5) is 0 Å². The van der Waals surface area contributed by atoms with Crippen molar-refractivity contribution in [2.75, 3.05) is 7.11 Å². The SMILES string of the molecule is COc1cnccc1C(N)c1cnnn1-c1ccccc1. The van der Waals surface area contributed by atoms with Gasteiger partial charge >= 0.3 is 0 Å². The predicted octanol–water partition coefficient (Wildman–Crippen LogP) is 1.72. The summed E-state index contributed by atoms with van der Waals surface area (Å²) in [4.78, 5) is 4.04. The van der Waals surface area contributed by atoms with E-state index in [1.54, 1.807) is 30.4 Å². The maximum atomic E-state index is 6.37. The minimum Gasteiger partial charge on any atom is -0.495 e. The smallest absolute Gasteiger partial charge is 0.142 e. The molecule has 2 heterocycles. The highest BCUT2D eigenvalue weighted by molar-refractivity contribution is 5.39. The quantitative estimate of drug-likeness (QED) is 0.787. The van der Waals surface area contributed by atoms with Crippen LogP contribution in [0.5, 0.6) is 5.75 Å². The van der Waals surface area contributed by atoms with E-state index in [4.69, 9.17) is 10.5 Å². The van der Waals surface area contributed by atoms with E-state index in [0.717, 1.165) is 16.9 Å². The van der Waals surface area contributed by atoms with Crippen LogP contribution in [-0.2, 0) is 0 Å². The van der Waals surface area contributed by atoms with E-state index in [1.807, 2.05) is 36.4 Å². The Balaban J connectivity index is 2.04. The summed E-state index contributed by atoms with van der Waals surface area (Å²) in [5.74, 6) is 0.644. The first-order chi connectivity index (χ1) is 10.3. The molecule has 0 spiro atoms. The van der Waals surface area contributed by atoms with Gasteiger partial charge in [-0.2, -0.15) is 0 Å². The van der Waals surface area contributed by atoms with Gasteiger partial charge in [0.05, 0.1) is 36.9 Å². The number of aromatic nitrogens is 4. The zero-order chi connectivity index (χ0) is 14.7. The van der Waals surface area contributed by atoms with Crippen molar-refractivity contribution >= 4 is 0 Å². The van der Waals surface area contributed by atoms with Crippen LogP contribution in [-0.4, -0.2) is 27.1 Å². The summed E-state index contributed by atoms with van der Waals surface area (Å²) in [5, 5.41) is 8.10. The maximum absolute atomic E-state index is 6.37. The molecule has 1 aromatic carbocycles. The van der Waals surface area contributed by atoms with Crippen molar-refractivity contribution < 1.29 is 4.74 Å². The van der Waals surface area contributed by atoms with Crippen molar-refractivity contribution in [1.82, 2.24) is 20.0 Å². The summed E-state index contributed by atoms with van der Waals surface area (Å²) in [6.45, 7) is 0. The average Bonchev–Trinajstić information content (AvgIpc) is 3.04. The van der Waals surface area contributed by atoms with Crippen LogP contribution < -0.4 is 10.5 Å². The number of para-hydroxylation sites is 1. The minimum atomic E-state index is -0.404. The fourth-order valence-corrected chi connectivity index (χ4v) is 2.20. The fraction of sp³-hybridized carbons (Fsp3) is 0.133. The van der Waals surface area contributed by atoms with Gasteiger partial charge in [-0.3, -0.25) is 4.98 Å². The Bertz CT molecular complexity index is 726. The second-order valence-electron chi connectivity index (χ2n) is 4.50. The lowest BCUT2D eigenvalue weighted by Crippen LogP contribution is -2.17. The van der Waals surface area contributed by atoms with Crippen LogP contribution in [0.3, 0.4) is 0 Å². The molecule has 6 heteroatoms. The molecule has 0 amide bonds. The van der Waals surface area contributed by atoms with Gasteiger partial charge in [0.2, 0.25) is 0 Å². The second-order valence-corrected chi connectivity index (χ2v) is 4.50. The Morgan fingerprint density at radius 3 is 2.71 bits per heavy atom. The van der Waals surface area contributed by atoms with E-state index in [0.29, 0.717) is 5.75 Å². The summed E-state index contributed by atoms with van der Waals surface area (Å²) in [7, 11) is 1.60. The lowest BCUT2D eigenvalue weighted by molar-refractivity contribution is 0.405. The molecule has 0 saturated heterocycles. The van der Waals surface area contributed by atoms with E-state index < -0.39 is 6.04 Å². The largest absolute Gasteiger partial charge is 0.495 e. The molecular weight excluding hydrogens is 266 g/mol. The van der Waals surface area contributed by atoms with Crippen molar-refractivity contribution in [1.29, 1.82) is 0 Å². The van der Waals surface area contributed by atoms with Crippen LogP contribution in [0.2, 0.25) is 0 Å². The molecule has 0 radical (unpaired) electrons. The number of nitrogens with two attached hydrogens (primary N) is 1. The molecule has 1 unspecified atom stereocenters. The Labute approximate surface area is 122 Å². The molecule has 0 saturated carbocycles. The molecule has 3 rings (SSSR count). The number of benzene rings is 1. The molecule has 0 aliphatic rings. The highest BCUT2D eigenvalue weighted by Gasteiger charge is 2.19. The van der Waals surface area contributed by atoms with Gasteiger partial charge < -0.3 is 10.5 Å². The number of hydrogen-bond donors (Lipinski definition) is 1. The number of nitrogens with zero attached hydrogens (tertiary/aromatic N) is 4. The molecule has 0 fully saturated rings. The number of ether oxygens (including phenoxy) is 1. The number of methoxy groups -OCH3 is 1. The lowest BCUT2D eigenvalue weighted by Gasteiger charge is -2.16. The third kappa shape index (κ3) is 2.48. The van der Waals surface area contributed by atoms with Crippen LogP contribution in [0.25, 0.3) is 5.69 Å². The molecule has 106 valence electrons. The zero-order valence-corrected chi connectivity index (χ0v) is 11.5. The molecule has 1 atom stereocenters. The van der Waals surface area contributed by atoms with Gasteiger partial charge in [0.1, 0.15) is 5.75 Å². The molecule has 21 heavy (non-hydrogen) atoms. The van der Waals surface area contributed by atoms with Crippen molar-refractivity contribution in [2.45, 2.75) is 6.04 Å². The number of rotatable bonds is 4. The molecule has 0 aliphatic heterocycles. The molecule has 0 aliphatic carbocycles. The topological polar surface area (TPSA) is 78.8 Å². The molecule has 3 aromatic rings. The standard InChI is InChI=1S/C15H15N5O/c1-21-14-10-17-8-7-12(14)15(16)13-9-18-19-20(13)11-5-3-2-4-6-11/h2-10,15H,16H2,1H3. The zero-order valence-electron chi connectivity index (χ0n) is 11.5. The third-order valence-electron chi connectivity index (χ3n) is 3.27. The van der Waals surface area contributed by atoms with Gasteiger partial charge in [0.15, 0.2) is 0 Å².